The van der Waals surface area contributed by atoms with E-state index in [1.165, 1.54) is 0 Å². The van der Waals surface area contributed by atoms with Crippen LogP contribution in [0.2, 0.25) is 5.02 Å². The number of amides is 1. The van der Waals surface area contributed by atoms with Crippen LogP contribution in [0.5, 0.6) is 0 Å². The van der Waals surface area contributed by atoms with Gasteiger partial charge in [0.15, 0.2) is 5.13 Å². The van der Waals surface area contributed by atoms with Crippen molar-refractivity contribution in [2.75, 3.05) is 11.4 Å². The van der Waals surface area contributed by atoms with Gasteiger partial charge >= 0.3 is 0 Å². The summed E-state index contributed by atoms with van der Waals surface area (Å²) in [5.74, 6) is 0.972. The Bertz CT molecular complexity index is 793. The second-order valence-electron chi connectivity index (χ2n) is 7.57. The molecule has 0 atom stereocenters. The number of hydrogen-bond donors (Lipinski definition) is 1. The Balaban J connectivity index is 1.63. The molecule has 4 rings (SSSR count). The summed E-state index contributed by atoms with van der Waals surface area (Å²) in [7, 11) is 0. The Morgan fingerprint density at radius 3 is 2.68 bits per heavy atom. The lowest BCUT2D eigenvalue weighted by Crippen LogP contribution is -2.39. The number of thiazole rings is 1. The first kappa shape index (κ1) is 17.3. The molecule has 2 N–H and O–H groups in total. The van der Waals surface area contributed by atoms with Crippen molar-refractivity contribution >= 4 is 44.2 Å². The minimum Gasteiger partial charge on any atom is -0.328 e. The fourth-order valence-corrected chi connectivity index (χ4v) is 5.14. The average molecular weight is 378 g/mol. The predicted molar refractivity (Wildman–Crippen MR) is 104 cm³/mol. The zero-order chi connectivity index (χ0) is 17.6. The lowest BCUT2D eigenvalue weighted by atomic mass is 9.86. The molecule has 1 amide bonds. The molecule has 2 aliphatic rings. The zero-order valence-electron chi connectivity index (χ0n) is 14.5. The number of aryl methyl sites for hydroxylation is 1. The number of hydrogen-bond acceptors (Lipinski definition) is 4. The molecule has 1 aromatic heterocycles. The molecule has 0 unspecified atom stereocenters. The standard InChI is InChI=1S/C19H24ClN3OS/c1-11-8-14(20)9-16-17(11)22-19(25-16)23(18(24)13-4-5-13)10-12-2-6-15(21)7-3-12/h8-9,12-13,15H,2-7,10,21H2,1H3/t12-,15+. The maximum absolute atomic E-state index is 12.9. The monoisotopic (exact) mass is 377 g/mol. The summed E-state index contributed by atoms with van der Waals surface area (Å²) in [6, 6.07) is 4.21. The number of anilines is 1. The Hall–Kier alpha value is -1.17. The number of rotatable bonds is 4. The van der Waals surface area contributed by atoms with E-state index in [-0.39, 0.29) is 11.8 Å². The first-order valence-electron chi connectivity index (χ1n) is 9.15. The molecule has 0 spiro atoms. The van der Waals surface area contributed by atoms with Gasteiger partial charge in [0.2, 0.25) is 5.91 Å². The van der Waals surface area contributed by atoms with Gasteiger partial charge in [-0.3, -0.25) is 9.69 Å². The molecular weight excluding hydrogens is 354 g/mol. The maximum atomic E-state index is 12.9. The molecular formula is C19H24ClN3OS. The molecule has 1 heterocycles. The molecule has 2 saturated carbocycles. The van der Waals surface area contributed by atoms with Gasteiger partial charge in [0.1, 0.15) is 0 Å². The second kappa shape index (κ2) is 6.86. The zero-order valence-corrected chi connectivity index (χ0v) is 16.1. The lowest BCUT2D eigenvalue weighted by molar-refractivity contribution is -0.119. The van der Waals surface area contributed by atoms with E-state index in [0.29, 0.717) is 12.0 Å². The first-order valence-corrected chi connectivity index (χ1v) is 10.3. The topological polar surface area (TPSA) is 59.2 Å². The number of fused-ring (bicyclic) bond motifs is 1. The van der Waals surface area contributed by atoms with E-state index in [4.69, 9.17) is 22.3 Å². The molecule has 1 aromatic carbocycles. The van der Waals surface area contributed by atoms with Crippen LogP contribution < -0.4 is 10.6 Å². The molecule has 2 aliphatic carbocycles. The third-order valence-electron chi connectivity index (χ3n) is 5.39. The van der Waals surface area contributed by atoms with Gasteiger partial charge in [-0.05, 0) is 69.1 Å². The van der Waals surface area contributed by atoms with Crippen LogP contribution in [0.1, 0.15) is 44.1 Å². The second-order valence-corrected chi connectivity index (χ2v) is 9.02. The quantitative estimate of drug-likeness (QED) is 0.852. The van der Waals surface area contributed by atoms with Crippen LogP contribution in [-0.4, -0.2) is 23.5 Å². The molecule has 6 heteroatoms. The first-order chi connectivity index (χ1) is 12.0. The molecule has 25 heavy (non-hydrogen) atoms. The fraction of sp³-hybridized carbons (Fsp3) is 0.579. The Labute approximate surface area is 157 Å². The van der Waals surface area contributed by atoms with Crippen LogP contribution in [0.25, 0.3) is 10.2 Å². The van der Waals surface area contributed by atoms with Gasteiger partial charge in [-0.2, -0.15) is 0 Å². The van der Waals surface area contributed by atoms with Crippen molar-refractivity contribution < 1.29 is 4.79 Å². The van der Waals surface area contributed by atoms with Gasteiger partial charge in [0, 0.05) is 23.5 Å². The van der Waals surface area contributed by atoms with Crippen molar-refractivity contribution in [3.05, 3.63) is 22.7 Å². The van der Waals surface area contributed by atoms with E-state index in [0.717, 1.165) is 71.0 Å². The lowest BCUT2D eigenvalue weighted by Gasteiger charge is -2.30. The summed E-state index contributed by atoms with van der Waals surface area (Å²) < 4.78 is 1.05. The molecule has 2 fully saturated rings. The number of nitrogens with two attached hydrogens (primary N) is 1. The van der Waals surface area contributed by atoms with Crippen LogP contribution in [-0.2, 0) is 4.79 Å². The number of halogens is 1. The van der Waals surface area contributed by atoms with Gasteiger partial charge in [-0.25, -0.2) is 4.98 Å². The Morgan fingerprint density at radius 1 is 1.28 bits per heavy atom. The van der Waals surface area contributed by atoms with Gasteiger partial charge in [0.25, 0.3) is 0 Å². The third-order valence-corrected chi connectivity index (χ3v) is 6.64. The summed E-state index contributed by atoms with van der Waals surface area (Å²) in [4.78, 5) is 19.7. The fourth-order valence-electron chi connectivity index (χ4n) is 3.70. The highest BCUT2D eigenvalue weighted by molar-refractivity contribution is 7.22. The van der Waals surface area contributed by atoms with Crippen LogP contribution in [0.3, 0.4) is 0 Å². The van der Waals surface area contributed by atoms with Crippen molar-refractivity contribution in [1.82, 2.24) is 4.98 Å². The summed E-state index contributed by atoms with van der Waals surface area (Å²) >= 11 is 7.77. The molecule has 0 aliphatic heterocycles. The molecule has 0 bridgehead atoms. The van der Waals surface area contributed by atoms with E-state index in [1.807, 2.05) is 24.0 Å². The number of carbonyl (C=O) groups excluding carboxylic acids is 1. The highest BCUT2D eigenvalue weighted by Gasteiger charge is 2.36. The number of carbonyl (C=O) groups is 1. The molecule has 0 radical (unpaired) electrons. The van der Waals surface area contributed by atoms with E-state index >= 15 is 0 Å². The minimum atomic E-state index is 0.197. The number of nitrogens with zero attached hydrogens (tertiary/aromatic N) is 2. The summed E-state index contributed by atoms with van der Waals surface area (Å²) in [6.07, 6.45) is 6.35. The van der Waals surface area contributed by atoms with E-state index in [2.05, 4.69) is 0 Å². The SMILES string of the molecule is Cc1cc(Cl)cc2sc(N(C[C@H]3CC[C@@H](N)CC3)C(=O)C3CC3)nc12. The summed E-state index contributed by atoms with van der Waals surface area (Å²) in [5.41, 5.74) is 8.06. The molecule has 2 aromatic rings. The predicted octanol–water partition coefficient (Wildman–Crippen LogP) is 4.52. The number of benzene rings is 1. The van der Waals surface area contributed by atoms with Crippen molar-refractivity contribution in [2.24, 2.45) is 17.6 Å². The average Bonchev–Trinajstić information content (AvgIpc) is 3.34. The normalized spacial score (nSPS) is 23.8. The number of aromatic nitrogens is 1. The summed E-state index contributed by atoms with van der Waals surface area (Å²) in [6.45, 7) is 2.79. The van der Waals surface area contributed by atoms with E-state index in [1.54, 1.807) is 11.3 Å². The van der Waals surface area contributed by atoms with Crippen LogP contribution in [0, 0.1) is 18.8 Å². The highest BCUT2D eigenvalue weighted by atomic mass is 35.5. The van der Waals surface area contributed by atoms with Gasteiger partial charge < -0.3 is 5.73 Å². The minimum absolute atomic E-state index is 0.197. The Morgan fingerprint density at radius 2 is 2.00 bits per heavy atom. The maximum Gasteiger partial charge on any atom is 0.231 e. The van der Waals surface area contributed by atoms with Crippen LogP contribution in [0.4, 0.5) is 5.13 Å². The van der Waals surface area contributed by atoms with Gasteiger partial charge in [-0.15, -0.1) is 0 Å². The van der Waals surface area contributed by atoms with Crippen molar-refractivity contribution in [3.8, 4) is 0 Å². The third kappa shape index (κ3) is 3.69. The van der Waals surface area contributed by atoms with E-state index < -0.39 is 0 Å². The van der Waals surface area contributed by atoms with Gasteiger partial charge in [-0.1, -0.05) is 22.9 Å². The molecule has 0 saturated heterocycles. The smallest absolute Gasteiger partial charge is 0.231 e. The van der Waals surface area contributed by atoms with Crippen LogP contribution in [0.15, 0.2) is 12.1 Å². The van der Waals surface area contributed by atoms with Gasteiger partial charge in [0.05, 0.1) is 10.2 Å². The Kier molecular flexibility index (Phi) is 4.73. The van der Waals surface area contributed by atoms with Crippen molar-refractivity contribution in [1.29, 1.82) is 0 Å². The summed E-state index contributed by atoms with van der Waals surface area (Å²) in [5, 5.41) is 1.55. The highest BCUT2D eigenvalue weighted by Crippen LogP contribution is 2.38. The van der Waals surface area contributed by atoms with E-state index in [9.17, 15) is 4.79 Å². The van der Waals surface area contributed by atoms with Crippen LogP contribution >= 0.6 is 22.9 Å². The van der Waals surface area contributed by atoms with Crippen molar-refractivity contribution in [2.45, 2.75) is 51.5 Å². The molecule has 134 valence electrons. The molecule has 4 nitrogen and oxygen atoms in total. The largest absolute Gasteiger partial charge is 0.328 e. The van der Waals surface area contributed by atoms with Crippen molar-refractivity contribution in [3.63, 3.8) is 0 Å².